The molecule has 0 amide bonds. The summed E-state index contributed by atoms with van der Waals surface area (Å²) in [6.45, 7) is 1.59. The molecule has 2 fully saturated rings. The molecule has 0 radical (unpaired) electrons. The number of nitrogens with one attached hydrogen (secondary N) is 2. The molecular weight excluding hydrogens is 260 g/mol. The largest absolute Gasteiger partial charge is 0.361 e. The van der Waals surface area contributed by atoms with Crippen LogP contribution in [0.3, 0.4) is 0 Å². The van der Waals surface area contributed by atoms with Crippen LogP contribution in [0, 0.1) is 28.9 Å². The summed E-state index contributed by atoms with van der Waals surface area (Å²) in [5, 5.41) is 14.5. The van der Waals surface area contributed by atoms with E-state index < -0.39 is 4.92 Å². The molecule has 0 saturated heterocycles. The molecule has 108 valence electrons. The summed E-state index contributed by atoms with van der Waals surface area (Å²) in [5.74, 6) is 7.13. The van der Waals surface area contributed by atoms with Crippen LogP contribution in [0.4, 0.5) is 17.5 Å². The monoisotopic (exact) mass is 278 g/mol. The van der Waals surface area contributed by atoms with E-state index in [2.05, 4.69) is 20.7 Å². The van der Waals surface area contributed by atoms with E-state index in [-0.39, 0.29) is 23.5 Å². The van der Waals surface area contributed by atoms with Crippen molar-refractivity contribution in [2.45, 2.75) is 38.6 Å². The Bertz CT molecular complexity index is 549. The Hall–Kier alpha value is -1.96. The van der Waals surface area contributed by atoms with Gasteiger partial charge in [-0.15, -0.1) is 0 Å². The normalized spacial score (nSPS) is 27.6. The zero-order chi connectivity index (χ0) is 14.3. The van der Waals surface area contributed by atoms with E-state index in [0.29, 0.717) is 11.6 Å². The van der Waals surface area contributed by atoms with Gasteiger partial charge in [-0.25, -0.2) is 10.8 Å². The van der Waals surface area contributed by atoms with Crippen molar-refractivity contribution in [3.05, 3.63) is 15.8 Å². The molecule has 2 aliphatic rings. The van der Waals surface area contributed by atoms with Crippen molar-refractivity contribution in [1.29, 1.82) is 0 Å². The third kappa shape index (κ3) is 2.15. The van der Waals surface area contributed by atoms with Crippen LogP contribution >= 0.6 is 0 Å². The highest BCUT2D eigenvalue weighted by molar-refractivity contribution is 5.61. The zero-order valence-corrected chi connectivity index (χ0v) is 11.3. The standard InChI is InChI=1S/C12H18N6O2/c1-6-10(18(19)20)11(16-12(14-6)17-13)15-9-5-7-2-3-8(9)4-7/h7-9H,2-5,13H2,1H3,(H2,14,15,16,17). The van der Waals surface area contributed by atoms with Gasteiger partial charge in [0.1, 0.15) is 5.69 Å². The number of hydrogen-bond donors (Lipinski definition) is 3. The highest BCUT2D eigenvalue weighted by Crippen LogP contribution is 2.46. The van der Waals surface area contributed by atoms with Gasteiger partial charge in [-0.2, -0.15) is 4.98 Å². The van der Waals surface area contributed by atoms with Crippen LogP contribution in [0.2, 0.25) is 0 Å². The van der Waals surface area contributed by atoms with Crippen molar-refractivity contribution >= 4 is 17.5 Å². The maximum Gasteiger partial charge on any atom is 0.332 e. The fourth-order valence-electron chi connectivity index (χ4n) is 3.55. The molecule has 20 heavy (non-hydrogen) atoms. The van der Waals surface area contributed by atoms with Crippen molar-refractivity contribution in [2.24, 2.45) is 17.7 Å². The maximum atomic E-state index is 11.2. The van der Waals surface area contributed by atoms with Gasteiger partial charge in [0.25, 0.3) is 0 Å². The minimum atomic E-state index is -0.439. The summed E-state index contributed by atoms with van der Waals surface area (Å²) in [5.41, 5.74) is 2.59. The highest BCUT2D eigenvalue weighted by atomic mass is 16.6. The van der Waals surface area contributed by atoms with Crippen LogP contribution < -0.4 is 16.6 Å². The molecule has 3 rings (SSSR count). The molecule has 2 bridgehead atoms. The highest BCUT2D eigenvalue weighted by Gasteiger charge is 2.40. The van der Waals surface area contributed by atoms with Crippen molar-refractivity contribution in [3.63, 3.8) is 0 Å². The quantitative estimate of drug-likeness (QED) is 0.434. The van der Waals surface area contributed by atoms with Gasteiger partial charge in [0, 0.05) is 6.04 Å². The Balaban J connectivity index is 1.90. The minimum Gasteiger partial charge on any atom is -0.361 e. The van der Waals surface area contributed by atoms with Crippen LogP contribution in [0.5, 0.6) is 0 Å². The SMILES string of the molecule is Cc1nc(NN)nc(NC2CC3CCC2C3)c1[N+](=O)[O-]. The molecular formula is C12H18N6O2. The first-order valence-electron chi connectivity index (χ1n) is 6.84. The van der Waals surface area contributed by atoms with Gasteiger partial charge in [-0.05, 0) is 38.0 Å². The molecule has 1 aromatic heterocycles. The van der Waals surface area contributed by atoms with E-state index in [1.807, 2.05) is 0 Å². The van der Waals surface area contributed by atoms with Crippen molar-refractivity contribution in [3.8, 4) is 0 Å². The lowest BCUT2D eigenvalue weighted by molar-refractivity contribution is -0.385. The second kappa shape index (κ2) is 4.86. The summed E-state index contributed by atoms with van der Waals surface area (Å²) in [6, 6.07) is 0.271. The average Bonchev–Trinajstić information content (AvgIpc) is 2.99. The Labute approximate surface area is 116 Å². The Morgan fingerprint density at radius 3 is 2.70 bits per heavy atom. The lowest BCUT2D eigenvalue weighted by Crippen LogP contribution is -2.27. The summed E-state index contributed by atoms with van der Waals surface area (Å²) in [7, 11) is 0. The zero-order valence-electron chi connectivity index (χ0n) is 11.3. The topological polar surface area (TPSA) is 119 Å². The van der Waals surface area contributed by atoms with E-state index >= 15 is 0 Å². The first kappa shape index (κ1) is 13.0. The van der Waals surface area contributed by atoms with Gasteiger partial charge in [-0.1, -0.05) is 6.42 Å². The summed E-state index contributed by atoms with van der Waals surface area (Å²) in [6.07, 6.45) is 4.76. The predicted molar refractivity (Wildman–Crippen MR) is 74.1 cm³/mol. The van der Waals surface area contributed by atoms with E-state index in [1.165, 1.54) is 19.3 Å². The number of rotatable bonds is 4. The van der Waals surface area contributed by atoms with Gasteiger partial charge < -0.3 is 5.32 Å². The molecule has 4 N–H and O–H groups in total. The van der Waals surface area contributed by atoms with Crippen molar-refractivity contribution in [2.75, 3.05) is 10.7 Å². The Morgan fingerprint density at radius 1 is 1.35 bits per heavy atom. The van der Waals surface area contributed by atoms with Gasteiger partial charge in [0.15, 0.2) is 0 Å². The first-order valence-corrected chi connectivity index (χ1v) is 6.84. The number of nitrogen functional groups attached to an aromatic ring is 1. The fraction of sp³-hybridized carbons (Fsp3) is 0.667. The molecule has 2 saturated carbocycles. The predicted octanol–water partition coefficient (Wildman–Crippen LogP) is 1.58. The average molecular weight is 278 g/mol. The molecule has 0 aromatic carbocycles. The second-order valence-corrected chi connectivity index (χ2v) is 5.66. The van der Waals surface area contributed by atoms with E-state index in [0.717, 1.165) is 12.3 Å². The number of anilines is 2. The van der Waals surface area contributed by atoms with Crippen LogP contribution in [-0.4, -0.2) is 20.9 Å². The molecule has 3 unspecified atom stereocenters. The van der Waals surface area contributed by atoms with Crippen molar-refractivity contribution in [1.82, 2.24) is 9.97 Å². The maximum absolute atomic E-state index is 11.2. The number of nitro groups is 1. The third-order valence-electron chi connectivity index (χ3n) is 4.43. The number of hydrazine groups is 1. The number of aryl methyl sites for hydroxylation is 1. The van der Waals surface area contributed by atoms with Gasteiger partial charge >= 0.3 is 5.69 Å². The summed E-state index contributed by atoms with van der Waals surface area (Å²) in [4.78, 5) is 18.9. The van der Waals surface area contributed by atoms with Crippen LogP contribution in [0.1, 0.15) is 31.4 Å². The summed E-state index contributed by atoms with van der Waals surface area (Å²) >= 11 is 0. The third-order valence-corrected chi connectivity index (χ3v) is 4.43. The van der Waals surface area contributed by atoms with E-state index in [4.69, 9.17) is 5.84 Å². The number of aromatic nitrogens is 2. The molecule has 8 heteroatoms. The van der Waals surface area contributed by atoms with Crippen LogP contribution in [0.15, 0.2) is 0 Å². The van der Waals surface area contributed by atoms with Gasteiger partial charge in [0.05, 0.1) is 4.92 Å². The number of fused-ring (bicyclic) bond motifs is 2. The van der Waals surface area contributed by atoms with E-state index in [1.54, 1.807) is 6.92 Å². The molecule has 8 nitrogen and oxygen atoms in total. The molecule has 1 aromatic rings. The number of nitrogens with two attached hydrogens (primary N) is 1. The molecule has 0 spiro atoms. The van der Waals surface area contributed by atoms with Crippen molar-refractivity contribution < 1.29 is 4.92 Å². The Morgan fingerprint density at radius 2 is 2.15 bits per heavy atom. The second-order valence-electron chi connectivity index (χ2n) is 5.66. The van der Waals surface area contributed by atoms with E-state index in [9.17, 15) is 10.1 Å². The Kier molecular flexibility index (Phi) is 3.17. The number of hydrogen-bond acceptors (Lipinski definition) is 7. The van der Waals surface area contributed by atoms with Crippen LogP contribution in [0.25, 0.3) is 0 Å². The van der Waals surface area contributed by atoms with Gasteiger partial charge in [-0.3, -0.25) is 15.5 Å². The molecule has 3 atom stereocenters. The lowest BCUT2D eigenvalue weighted by atomic mass is 9.95. The minimum absolute atomic E-state index is 0.0632. The smallest absolute Gasteiger partial charge is 0.332 e. The fourth-order valence-corrected chi connectivity index (χ4v) is 3.55. The number of nitrogens with zero attached hydrogens (tertiary/aromatic N) is 3. The van der Waals surface area contributed by atoms with Gasteiger partial charge in [0.2, 0.25) is 11.8 Å². The first-order chi connectivity index (χ1) is 9.58. The molecule has 0 aliphatic heterocycles. The lowest BCUT2D eigenvalue weighted by Gasteiger charge is -2.23. The van der Waals surface area contributed by atoms with Crippen LogP contribution in [-0.2, 0) is 0 Å². The summed E-state index contributed by atoms with van der Waals surface area (Å²) < 4.78 is 0. The molecule has 1 heterocycles. The molecule has 2 aliphatic carbocycles.